The van der Waals surface area contributed by atoms with Gasteiger partial charge in [-0.05, 0) is 51.1 Å². The van der Waals surface area contributed by atoms with Gasteiger partial charge in [0.2, 0.25) is 15.9 Å². The molecule has 1 aromatic carbocycles. The van der Waals surface area contributed by atoms with Crippen LogP contribution in [0, 0.1) is 6.92 Å². The minimum absolute atomic E-state index is 0.223. The molecule has 0 unspecified atom stereocenters. The molecule has 0 spiro atoms. The van der Waals surface area contributed by atoms with Gasteiger partial charge in [0.1, 0.15) is 11.9 Å². The number of anilines is 2. The van der Waals surface area contributed by atoms with Crippen LogP contribution < -0.4 is 10.2 Å². The Kier molecular flexibility index (Phi) is 6.78. The van der Waals surface area contributed by atoms with Gasteiger partial charge in [0.25, 0.3) is 0 Å². The van der Waals surface area contributed by atoms with Crippen LogP contribution in [-0.2, 0) is 14.8 Å². The number of sulfonamides is 1. The maximum atomic E-state index is 13.2. The molecule has 2 saturated heterocycles. The molecule has 9 heteroatoms. The highest BCUT2D eigenvalue weighted by molar-refractivity contribution is 7.89. The lowest BCUT2D eigenvalue weighted by atomic mass is 10.0. The van der Waals surface area contributed by atoms with Crippen LogP contribution >= 0.6 is 0 Å². The average Bonchev–Trinajstić information content (AvgIpc) is 2.80. The van der Waals surface area contributed by atoms with Gasteiger partial charge in [0.15, 0.2) is 0 Å². The molecule has 0 radical (unpaired) electrons. The topological polar surface area (TPSA) is 85.8 Å². The predicted molar refractivity (Wildman–Crippen MR) is 125 cm³/mol. The van der Waals surface area contributed by atoms with E-state index in [0.29, 0.717) is 18.7 Å². The number of piperazine rings is 1. The lowest BCUT2D eigenvalue weighted by Crippen LogP contribution is -2.49. The van der Waals surface area contributed by atoms with Crippen LogP contribution in [0.15, 0.2) is 47.5 Å². The van der Waals surface area contributed by atoms with Crippen LogP contribution in [0.25, 0.3) is 0 Å². The van der Waals surface area contributed by atoms with Crippen molar-refractivity contribution in [3.63, 3.8) is 0 Å². The normalized spacial score (nSPS) is 20.8. The molecular weight excluding hydrogens is 426 g/mol. The minimum Gasteiger partial charge on any atom is -0.354 e. The second kappa shape index (κ2) is 9.56. The number of benzene rings is 1. The smallest absolute Gasteiger partial charge is 0.243 e. The highest BCUT2D eigenvalue weighted by Crippen LogP contribution is 2.27. The van der Waals surface area contributed by atoms with Crippen molar-refractivity contribution >= 4 is 27.4 Å². The number of hydrogen-bond donors (Lipinski definition) is 1. The monoisotopic (exact) mass is 457 g/mol. The fraction of sp³-hybridized carbons (Fsp3) is 0.478. The first-order valence-electron chi connectivity index (χ1n) is 11.1. The number of hydrogen-bond acceptors (Lipinski definition) is 6. The van der Waals surface area contributed by atoms with Gasteiger partial charge in [-0.15, -0.1) is 0 Å². The van der Waals surface area contributed by atoms with Crippen molar-refractivity contribution in [1.29, 1.82) is 0 Å². The molecule has 3 heterocycles. The summed E-state index contributed by atoms with van der Waals surface area (Å²) >= 11 is 0. The SMILES string of the molecule is Cc1ccc(S(=O)(=O)N2CCCC[C@@H]2C(=O)Nc2ccc(N3CCN(C)CC3)nc2)cc1. The number of aromatic nitrogens is 1. The number of aryl methyl sites for hydroxylation is 1. The van der Waals surface area contributed by atoms with Crippen molar-refractivity contribution in [3.8, 4) is 0 Å². The van der Waals surface area contributed by atoms with Gasteiger partial charge in [-0.1, -0.05) is 24.1 Å². The molecule has 1 N–H and O–H groups in total. The minimum atomic E-state index is -3.74. The van der Waals surface area contributed by atoms with Gasteiger partial charge < -0.3 is 15.1 Å². The Bertz CT molecular complexity index is 1030. The summed E-state index contributed by atoms with van der Waals surface area (Å²) in [6.45, 7) is 6.08. The molecule has 2 fully saturated rings. The second-order valence-electron chi connectivity index (χ2n) is 8.63. The van der Waals surface area contributed by atoms with Crippen molar-refractivity contribution in [2.75, 3.05) is 50.0 Å². The van der Waals surface area contributed by atoms with Crippen molar-refractivity contribution in [2.45, 2.75) is 37.1 Å². The van der Waals surface area contributed by atoms with E-state index in [2.05, 4.69) is 27.1 Å². The number of carbonyl (C=O) groups excluding carboxylic acids is 1. The van der Waals surface area contributed by atoms with Crippen LogP contribution in [0.1, 0.15) is 24.8 Å². The molecule has 0 aliphatic carbocycles. The maximum absolute atomic E-state index is 13.2. The average molecular weight is 458 g/mol. The molecule has 1 amide bonds. The zero-order chi connectivity index (χ0) is 22.7. The molecule has 0 bridgehead atoms. The van der Waals surface area contributed by atoms with Crippen molar-refractivity contribution in [1.82, 2.24) is 14.2 Å². The summed E-state index contributed by atoms with van der Waals surface area (Å²) < 4.78 is 27.8. The van der Waals surface area contributed by atoms with Crippen molar-refractivity contribution in [2.24, 2.45) is 0 Å². The Balaban J connectivity index is 1.46. The fourth-order valence-electron chi connectivity index (χ4n) is 4.21. The molecule has 8 nitrogen and oxygen atoms in total. The van der Waals surface area contributed by atoms with Gasteiger partial charge in [-0.3, -0.25) is 4.79 Å². The fourth-order valence-corrected chi connectivity index (χ4v) is 5.86. The largest absolute Gasteiger partial charge is 0.354 e. The first-order valence-corrected chi connectivity index (χ1v) is 12.6. The standard InChI is InChI=1S/C23H31N5O3S/c1-18-6-9-20(10-7-18)32(30,31)28-12-4-3-5-21(28)23(29)25-19-8-11-22(24-17-19)27-15-13-26(2)14-16-27/h6-11,17,21H,3-5,12-16H2,1-2H3,(H,25,29)/t21-/m1/s1. The Labute approximate surface area is 190 Å². The number of rotatable bonds is 5. The number of nitrogens with one attached hydrogen (secondary N) is 1. The van der Waals surface area contributed by atoms with E-state index in [1.54, 1.807) is 30.5 Å². The Morgan fingerprint density at radius 2 is 1.72 bits per heavy atom. The summed E-state index contributed by atoms with van der Waals surface area (Å²) in [4.78, 5) is 22.3. The lowest BCUT2D eigenvalue weighted by Gasteiger charge is -2.34. The van der Waals surface area contributed by atoms with E-state index in [1.165, 1.54) is 4.31 Å². The Morgan fingerprint density at radius 3 is 2.38 bits per heavy atom. The summed E-state index contributed by atoms with van der Waals surface area (Å²) in [6.07, 6.45) is 3.71. The molecular formula is C23H31N5O3S. The van der Waals surface area contributed by atoms with E-state index in [-0.39, 0.29) is 10.8 Å². The van der Waals surface area contributed by atoms with Crippen LogP contribution in [-0.4, -0.2) is 74.3 Å². The van der Waals surface area contributed by atoms with Crippen LogP contribution in [0.3, 0.4) is 0 Å². The number of amides is 1. The number of carbonyl (C=O) groups is 1. The molecule has 0 saturated carbocycles. The molecule has 172 valence electrons. The van der Waals surface area contributed by atoms with E-state index in [9.17, 15) is 13.2 Å². The molecule has 2 aliphatic heterocycles. The van der Waals surface area contributed by atoms with Crippen molar-refractivity contribution in [3.05, 3.63) is 48.2 Å². The first kappa shape index (κ1) is 22.7. The van der Waals surface area contributed by atoms with Gasteiger partial charge in [0, 0.05) is 32.7 Å². The van der Waals surface area contributed by atoms with Crippen LogP contribution in [0.2, 0.25) is 0 Å². The summed E-state index contributed by atoms with van der Waals surface area (Å²) in [6, 6.07) is 9.78. The van der Waals surface area contributed by atoms with Gasteiger partial charge >= 0.3 is 0 Å². The maximum Gasteiger partial charge on any atom is 0.243 e. The summed E-state index contributed by atoms with van der Waals surface area (Å²) in [5.74, 6) is 0.576. The summed E-state index contributed by atoms with van der Waals surface area (Å²) in [5, 5.41) is 2.88. The third-order valence-electron chi connectivity index (χ3n) is 6.23. The summed E-state index contributed by atoms with van der Waals surface area (Å²) in [5.41, 5.74) is 1.57. The van der Waals surface area contributed by atoms with Crippen molar-refractivity contribution < 1.29 is 13.2 Å². The lowest BCUT2D eigenvalue weighted by molar-refractivity contribution is -0.120. The van der Waals surface area contributed by atoms with Gasteiger partial charge in [-0.2, -0.15) is 4.31 Å². The van der Waals surface area contributed by atoms with E-state index in [0.717, 1.165) is 50.4 Å². The van der Waals surface area contributed by atoms with E-state index in [1.807, 2.05) is 19.1 Å². The van der Waals surface area contributed by atoms with Gasteiger partial charge in [0.05, 0.1) is 16.8 Å². The number of pyridine rings is 1. The summed E-state index contributed by atoms with van der Waals surface area (Å²) in [7, 11) is -1.64. The first-order chi connectivity index (χ1) is 15.3. The van der Waals surface area contributed by atoms with Gasteiger partial charge in [-0.25, -0.2) is 13.4 Å². The third-order valence-corrected chi connectivity index (χ3v) is 8.15. The van der Waals surface area contributed by atoms with E-state index >= 15 is 0 Å². The highest BCUT2D eigenvalue weighted by Gasteiger charge is 2.37. The zero-order valence-corrected chi connectivity index (χ0v) is 19.5. The number of likely N-dealkylation sites (N-methyl/N-ethyl adjacent to an activating group) is 1. The number of nitrogens with zero attached hydrogens (tertiary/aromatic N) is 4. The molecule has 1 atom stereocenters. The molecule has 1 aromatic heterocycles. The molecule has 4 rings (SSSR count). The molecule has 2 aromatic rings. The van der Waals surface area contributed by atoms with E-state index in [4.69, 9.17) is 0 Å². The molecule has 2 aliphatic rings. The second-order valence-corrected chi connectivity index (χ2v) is 10.5. The van der Waals surface area contributed by atoms with E-state index < -0.39 is 16.1 Å². The highest BCUT2D eigenvalue weighted by atomic mass is 32.2. The van der Waals surface area contributed by atoms with Crippen LogP contribution in [0.4, 0.5) is 11.5 Å². The molecule has 32 heavy (non-hydrogen) atoms. The number of piperidine rings is 1. The Hall–Kier alpha value is -2.49. The predicted octanol–water partition coefficient (Wildman–Crippen LogP) is 2.32. The van der Waals surface area contributed by atoms with Crippen LogP contribution in [0.5, 0.6) is 0 Å². The third kappa shape index (κ3) is 4.95. The quantitative estimate of drug-likeness (QED) is 0.742. The zero-order valence-electron chi connectivity index (χ0n) is 18.7. The Morgan fingerprint density at radius 1 is 1.00 bits per heavy atom.